The zero-order valence-corrected chi connectivity index (χ0v) is 18.2. The van der Waals surface area contributed by atoms with Gasteiger partial charge >= 0.3 is 0 Å². The highest BCUT2D eigenvalue weighted by Crippen LogP contribution is 2.31. The molecule has 2 N–H and O–H groups in total. The molecule has 1 aliphatic carbocycles. The van der Waals surface area contributed by atoms with Crippen molar-refractivity contribution in [2.45, 2.75) is 38.2 Å². The molecule has 1 aliphatic rings. The Balaban J connectivity index is 1.35. The number of ether oxygens (including phenoxy) is 1. The number of imidazole rings is 1. The molecule has 7 nitrogen and oxygen atoms in total. The largest absolute Gasteiger partial charge is 0.473 e. The number of hydrogen-bond acceptors (Lipinski definition) is 6. The van der Waals surface area contributed by atoms with E-state index in [4.69, 9.17) is 4.74 Å². The maximum absolute atomic E-state index is 6.27. The minimum Gasteiger partial charge on any atom is -0.473 e. The highest BCUT2D eigenvalue weighted by Gasteiger charge is 2.19. The first-order chi connectivity index (χ1) is 16.3. The minimum absolute atomic E-state index is 0.182. The molecule has 3 aromatic heterocycles. The van der Waals surface area contributed by atoms with Crippen LogP contribution in [0.3, 0.4) is 0 Å². The Hall–Kier alpha value is -4.00. The van der Waals surface area contributed by atoms with Crippen molar-refractivity contribution in [1.82, 2.24) is 24.9 Å². The Bertz CT molecular complexity index is 1410. The van der Waals surface area contributed by atoms with Gasteiger partial charge in [-0.25, -0.2) is 4.98 Å². The standard InChI is InChI=1S/C26H24N6O/c1-3-7-17(8-4-1)20-13-14-27-22-12-11-18(15-21(20)22)30-26-31-24-23(28-16-29-24)25(32-26)33-19-9-5-2-6-10-19/h1,3-4,7-8,11-16,19H,2,5-6,9-10H2,(H2,28,29,30,31,32). The second-order valence-corrected chi connectivity index (χ2v) is 8.41. The van der Waals surface area contributed by atoms with Gasteiger partial charge in [-0.15, -0.1) is 0 Å². The number of aromatic nitrogens is 5. The van der Waals surface area contributed by atoms with Crippen molar-refractivity contribution in [2.24, 2.45) is 0 Å². The first kappa shape index (κ1) is 19.7. The summed E-state index contributed by atoms with van der Waals surface area (Å²) in [5.41, 5.74) is 5.44. The smallest absolute Gasteiger partial charge is 0.247 e. The molecule has 33 heavy (non-hydrogen) atoms. The Labute approximate surface area is 191 Å². The second kappa shape index (κ2) is 8.50. The third-order valence-corrected chi connectivity index (χ3v) is 6.16. The van der Waals surface area contributed by atoms with Crippen molar-refractivity contribution < 1.29 is 4.74 Å². The van der Waals surface area contributed by atoms with Gasteiger partial charge in [-0.2, -0.15) is 9.97 Å². The van der Waals surface area contributed by atoms with E-state index in [0.717, 1.165) is 40.6 Å². The molecule has 1 saturated carbocycles. The number of pyridine rings is 1. The molecule has 0 bridgehead atoms. The number of nitrogens with one attached hydrogen (secondary N) is 2. The number of H-pyrrole nitrogens is 1. The Morgan fingerprint density at radius 3 is 2.67 bits per heavy atom. The number of aromatic amines is 1. The molecule has 1 fully saturated rings. The fourth-order valence-electron chi connectivity index (χ4n) is 4.51. The maximum Gasteiger partial charge on any atom is 0.247 e. The predicted octanol–water partition coefficient (Wildman–Crippen LogP) is 6.02. The third kappa shape index (κ3) is 3.98. The quantitative estimate of drug-likeness (QED) is 0.350. The number of anilines is 2. The fraction of sp³-hybridized carbons (Fsp3) is 0.231. The van der Waals surface area contributed by atoms with Crippen molar-refractivity contribution >= 4 is 33.7 Å². The number of rotatable bonds is 5. The number of nitrogens with zero attached hydrogens (tertiary/aromatic N) is 4. The Morgan fingerprint density at radius 2 is 1.79 bits per heavy atom. The highest BCUT2D eigenvalue weighted by atomic mass is 16.5. The molecule has 3 heterocycles. The molecule has 7 heteroatoms. The van der Waals surface area contributed by atoms with Gasteiger partial charge in [-0.3, -0.25) is 4.98 Å². The lowest BCUT2D eigenvalue weighted by Gasteiger charge is -2.22. The molecule has 5 aromatic rings. The van der Waals surface area contributed by atoms with Crippen molar-refractivity contribution in [2.75, 3.05) is 5.32 Å². The van der Waals surface area contributed by atoms with Gasteiger partial charge in [0, 0.05) is 17.3 Å². The highest BCUT2D eigenvalue weighted by molar-refractivity contribution is 5.96. The molecule has 164 valence electrons. The van der Waals surface area contributed by atoms with Crippen LogP contribution in [0.1, 0.15) is 32.1 Å². The molecule has 0 atom stereocenters. The summed E-state index contributed by atoms with van der Waals surface area (Å²) in [5.74, 6) is 1.00. The van der Waals surface area contributed by atoms with Crippen LogP contribution >= 0.6 is 0 Å². The summed E-state index contributed by atoms with van der Waals surface area (Å²) in [4.78, 5) is 21.3. The van der Waals surface area contributed by atoms with Crippen LogP contribution in [-0.4, -0.2) is 31.0 Å². The molecule has 0 radical (unpaired) electrons. The second-order valence-electron chi connectivity index (χ2n) is 8.41. The molecule has 0 unspecified atom stereocenters. The van der Waals surface area contributed by atoms with Crippen LogP contribution in [0.4, 0.5) is 11.6 Å². The SMILES string of the molecule is c1ccc(-c2ccnc3ccc(Nc4nc(OC5CCCCC5)c5nc[nH]c5n4)cc23)cc1. The first-order valence-electron chi connectivity index (χ1n) is 11.4. The molecule has 0 aliphatic heterocycles. The van der Waals surface area contributed by atoms with E-state index in [-0.39, 0.29) is 6.10 Å². The van der Waals surface area contributed by atoms with E-state index >= 15 is 0 Å². The summed E-state index contributed by atoms with van der Waals surface area (Å²) in [5, 5.41) is 4.42. The fourth-order valence-corrected chi connectivity index (χ4v) is 4.51. The topological polar surface area (TPSA) is 88.6 Å². The first-order valence-corrected chi connectivity index (χ1v) is 11.4. The van der Waals surface area contributed by atoms with Crippen LogP contribution in [0.15, 0.2) is 67.1 Å². The normalized spacial score (nSPS) is 14.5. The van der Waals surface area contributed by atoms with Crippen LogP contribution < -0.4 is 10.1 Å². The maximum atomic E-state index is 6.27. The number of benzene rings is 2. The van der Waals surface area contributed by atoms with Gasteiger partial charge in [0.15, 0.2) is 11.2 Å². The van der Waals surface area contributed by atoms with E-state index in [1.807, 2.05) is 42.6 Å². The molecule has 0 spiro atoms. The number of hydrogen-bond donors (Lipinski definition) is 2. The van der Waals surface area contributed by atoms with Crippen molar-refractivity contribution in [1.29, 1.82) is 0 Å². The zero-order valence-electron chi connectivity index (χ0n) is 18.2. The minimum atomic E-state index is 0.182. The van der Waals surface area contributed by atoms with E-state index < -0.39 is 0 Å². The summed E-state index contributed by atoms with van der Waals surface area (Å²) in [6.45, 7) is 0. The molecule has 2 aromatic carbocycles. The molecule has 6 rings (SSSR count). The lowest BCUT2D eigenvalue weighted by Crippen LogP contribution is -2.20. The van der Waals surface area contributed by atoms with E-state index in [2.05, 4.69) is 48.4 Å². The summed E-state index contributed by atoms with van der Waals surface area (Å²) < 4.78 is 6.27. The average molecular weight is 437 g/mol. The van der Waals surface area contributed by atoms with Crippen LogP contribution in [-0.2, 0) is 0 Å². The van der Waals surface area contributed by atoms with Gasteiger partial charge in [0.05, 0.1) is 11.8 Å². The monoisotopic (exact) mass is 436 g/mol. The van der Waals surface area contributed by atoms with E-state index in [1.165, 1.54) is 19.3 Å². The van der Waals surface area contributed by atoms with Crippen LogP contribution in [0.2, 0.25) is 0 Å². The van der Waals surface area contributed by atoms with Crippen molar-refractivity contribution in [3.63, 3.8) is 0 Å². The van der Waals surface area contributed by atoms with Gasteiger partial charge in [0.1, 0.15) is 6.10 Å². The molecule has 0 saturated heterocycles. The van der Waals surface area contributed by atoms with Gasteiger partial charge in [-0.05, 0) is 61.1 Å². The summed E-state index contributed by atoms with van der Waals surface area (Å²) in [7, 11) is 0. The summed E-state index contributed by atoms with van der Waals surface area (Å²) in [6, 6.07) is 18.5. The third-order valence-electron chi connectivity index (χ3n) is 6.16. The number of fused-ring (bicyclic) bond motifs is 2. The van der Waals surface area contributed by atoms with E-state index in [1.54, 1.807) is 6.33 Å². The van der Waals surface area contributed by atoms with E-state index in [0.29, 0.717) is 23.0 Å². The van der Waals surface area contributed by atoms with Crippen LogP contribution in [0.25, 0.3) is 33.2 Å². The average Bonchev–Trinajstić information content (AvgIpc) is 3.34. The van der Waals surface area contributed by atoms with E-state index in [9.17, 15) is 0 Å². The lowest BCUT2D eigenvalue weighted by atomic mass is 9.98. The lowest BCUT2D eigenvalue weighted by molar-refractivity contribution is 0.150. The molecular formula is C26H24N6O. The molecule has 0 amide bonds. The Morgan fingerprint density at radius 1 is 0.909 bits per heavy atom. The molecular weight excluding hydrogens is 412 g/mol. The van der Waals surface area contributed by atoms with Crippen LogP contribution in [0, 0.1) is 0 Å². The van der Waals surface area contributed by atoms with Gasteiger partial charge in [0.2, 0.25) is 11.8 Å². The van der Waals surface area contributed by atoms with Gasteiger partial charge in [-0.1, -0.05) is 36.8 Å². The van der Waals surface area contributed by atoms with Crippen LogP contribution in [0.5, 0.6) is 5.88 Å². The zero-order chi connectivity index (χ0) is 22.0. The summed E-state index contributed by atoms with van der Waals surface area (Å²) in [6.07, 6.45) is 9.43. The van der Waals surface area contributed by atoms with Gasteiger partial charge < -0.3 is 15.0 Å². The Kier molecular flexibility index (Phi) is 5.07. The van der Waals surface area contributed by atoms with Gasteiger partial charge in [0.25, 0.3) is 0 Å². The van der Waals surface area contributed by atoms with Crippen molar-refractivity contribution in [3.05, 3.63) is 67.1 Å². The van der Waals surface area contributed by atoms with Crippen molar-refractivity contribution in [3.8, 4) is 17.0 Å². The summed E-state index contributed by atoms with van der Waals surface area (Å²) >= 11 is 0. The predicted molar refractivity (Wildman–Crippen MR) is 130 cm³/mol.